The maximum Gasteiger partial charge on any atom is 0.200 e. The topological polar surface area (TPSA) is 62.5 Å². The fourth-order valence-electron chi connectivity index (χ4n) is 3.73. The molecule has 2 aromatic rings. The number of nitrogens with zero attached hydrogens (tertiary/aromatic N) is 7. The van der Waals surface area contributed by atoms with Crippen molar-refractivity contribution in [3.63, 3.8) is 0 Å². The van der Waals surface area contributed by atoms with E-state index in [1.807, 2.05) is 12.1 Å². The third-order valence-electron chi connectivity index (χ3n) is 4.92. The van der Waals surface area contributed by atoms with Gasteiger partial charge >= 0.3 is 0 Å². The summed E-state index contributed by atoms with van der Waals surface area (Å²) >= 11 is 0. The van der Waals surface area contributed by atoms with Crippen LogP contribution in [0.5, 0.6) is 0 Å². The Morgan fingerprint density at radius 2 is 1.95 bits per heavy atom. The minimum atomic E-state index is 0.694. The first kappa shape index (κ1) is 12.9. The lowest BCUT2D eigenvalue weighted by atomic mass is 10.0. The van der Waals surface area contributed by atoms with E-state index < -0.39 is 0 Å². The molecule has 2 aromatic heterocycles. The largest absolute Gasteiger partial charge is 0.355 e. The molecule has 1 atom stereocenters. The van der Waals surface area contributed by atoms with Gasteiger partial charge in [-0.15, -0.1) is 14.8 Å². The molecule has 4 heterocycles. The highest BCUT2D eigenvalue weighted by Gasteiger charge is 2.30. The second-order valence-electron chi connectivity index (χ2n) is 6.17. The van der Waals surface area contributed by atoms with Crippen LogP contribution < -0.4 is 4.90 Å². The fourth-order valence-corrected chi connectivity index (χ4v) is 3.73. The van der Waals surface area contributed by atoms with Gasteiger partial charge in [-0.2, -0.15) is 0 Å². The Hall–Kier alpha value is -1.76. The van der Waals surface area contributed by atoms with Gasteiger partial charge in [-0.05, 0) is 61.7 Å². The van der Waals surface area contributed by atoms with Crippen LogP contribution in [0.3, 0.4) is 0 Å². The van der Waals surface area contributed by atoms with Crippen LogP contribution in [0.1, 0.15) is 32.6 Å². The summed E-state index contributed by atoms with van der Waals surface area (Å²) in [7, 11) is 0. The summed E-state index contributed by atoms with van der Waals surface area (Å²) in [6.45, 7) is 5.77. The van der Waals surface area contributed by atoms with Crippen molar-refractivity contribution in [1.29, 1.82) is 0 Å². The zero-order valence-corrected chi connectivity index (χ0v) is 12.4. The first-order valence-corrected chi connectivity index (χ1v) is 7.87. The molecule has 2 aliphatic rings. The molecule has 112 valence electrons. The van der Waals surface area contributed by atoms with Gasteiger partial charge in [0.15, 0.2) is 11.5 Å². The van der Waals surface area contributed by atoms with Gasteiger partial charge in [-0.3, -0.25) is 4.90 Å². The van der Waals surface area contributed by atoms with Crippen molar-refractivity contribution in [3.05, 3.63) is 12.1 Å². The van der Waals surface area contributed by atoms with Crippen molar-refractivity contribution >= 4 is 11.5 Å². The van der Waals surface area contributed by atoms with Gasteiger partial charge in [0.1, 0.15) is 0 Å². The van der Waals surface area contributed by atoms with Crippen LogP contribution in [0.2, 0.25) is 0 Å². The molecule has 0 aliphatic carbocycles. The molecule has 0 aromatic carbocycles. The van der Waals surface area contributed by atoms with Crippen LogP contribution in [0.25, 0.3) is 5.65 Å². The van der Waals surface area contributed by atoms with Gasteiger partial charge < -0.3 is 4.90 Å². The van der Waals surface area contributed by atoms with Gasteiger partial charge in [0.05, 0.1) is 0 Å². The average Bonchev–Trinajstić information content (AvgIpc) is 3.15. The Bertz CT molecular complexity index is 617. The minimum Gasteiger partial charge on any atom is -0.355 e. The van der Waals surface area contributed by atoms with E-state index in [0.717, 1.165) is 31.0 Å². The zero-order valence-electron chi connectivity index (χ0n) is 12.4. The summed E-state index contributed by atoms with van der Waals surface area (Å²) in [5.41, 5.74) is 0.694. The van der Waals surface area contributed by atoms with Gasteiger partial charge in [0, 0.05) is 25.2 Å². The van der Waals surface area contributed by atoms with Crippen LogP contribution in [0.4, 0.5) is 5.82 Å². The molecule has 0 N–H and O–H groups in total. The normalized spacial score (nSPS) is 25.0. The molecule has 4 rings (SSSR count). The average molecular weight is 287 g/mol. The van der Waals surface area contributed by atoms with E-state index in [1.165, 1.54) is 36.9 Å². The number of hydrogen-bond donors (Lipinski definition) is 0. The third kappa shape index (κ3) is 2.35. The molecule has 1 unspecified atom stereocenters. The molecule has 7 nitrogen and oxygen atoms in total. The summed E-state index contributed by atoms with van der Waals surface area (Å²) < 4.78 is 1.50. The summed E-state index contributed by atoms with van der Waals surface area (Å²) in [5, 5.41) is 15.9. The van der Waals surface area contributed by atoms with E-state index in [1.54, 1.807) is 0 Å². The van der Waals surface area contributed by atoms with E-state index in [2.05, 4.69) is 37.3 Å². The molecule has 2 fully saturated rings. The SMILES string of the molecule is CC1CCCN1C1CCN(c2ccc3nnnn3n2)CC1. The molecular weight excluding hydrogens is 266 g/mol. The maximum atomic E-state index is 4.49. The van der Waals surface area contributed by atoms with E-state index in [-0.39, 0.29) is 0 Å². The number of aromatic nitrogens is 5. The predicted molar refractivity (Wildman–Crippen MR) is 79.2 cm³/mol. The summed E-state index contributed by atoms with van der Waals surface area (Å²) in [4.78, 5) is 5.05. The lowest BCUT2D eigenvalue weighted by Crippen LogP contribution is -2.46. The van der Waals surface area contributed by atoms with Crippen LogP contribution in [0, 0.1) is 0 Å². The molecule has 2 saturated heterocycles. The molecule has 2 aliphatic heterocycles. The Morgan fingerprint density at radius 1 is 1.10 bits per heavy atom. The highest BCUT2D eigenvalue weighted by Crippen LogP contribution is 2.27. The number of piperidine rings is 1. The summed E-state index contributed by atoms with van der Waals surface area (Å²) in [6, 6.07) is 5.45. The molecule has 21 heavy (non-hydrogen) atoms. The number of fused-ring (bicyclic) bond motifs is 1. The highest BCUT2D eigenvalue weighted by atomic mass is 15.6. The Balaban J connectivity index is 1.44. The molecular formula is C14H21N7. The van der Waals surface area contributed by atoms with Crippen molar-refractivity contribution in [1.82, 2.24) is 30.2 Å². The number of hydrogen-bond acceptors (Lipinski definition) is 6. The van der Waals surface area contributed by atoms with Crippen molar-refractivity contribution < 1.29 is 0 Å². The number of tetrazole rings is 1. The number of anilines is 1. The molecule has 0 bridgehead atoms. The molecule has 0 radical (unpaired) electrons. The van der Waals surface area contributed by atoms with Crippen LogP contribution >= 0.6 is 0 Å². The highest BCUT2D eigenvalue weighted by molar-refractivity contribution is 5.44. The first-order chi connectivity index (χ1) is 10.3. The smallest absolute Gasteiger partial charge is 0.200 e. The van der Waals surface area contributed by atoms with Crippen molar-refractivity contribution in [2.75, 3.05) is 24.5 Å². The monoisotopic (exact) mass is 287 g/mol. The molecule has 0 amide bonds. The van der Waals surface area contributed by atoms with Crippen LogP contribution in [-0.2, 0) is 0 Å². The number of rotatable bonds is 2. The van der Waals surface area contributed by atoms with E-state index >= 15 is 0 Å². The first-order valence-electron chi connectivity index (χ1n) is 7.87. The quantitative estimate of drug-likeness (QED) is 0.820. The van der Waals surface area contributed by atoms with E-state index in [0.29, 0.717) is 5.65 Å². The number of likely N-dealkylation sites (tertiary alicyclic amines) is 1. The zero-order chi connectivity index (χ0) is 14.2. The summed E-state index contributed by atoms with van der Waals surface area (Å²) in [5.74, 6) is 0.975. The van der Waals surface area contributed by atoms with Gasteiger partial charge in [-0.1, -0.05) is 0 Å². The minimum absolute atomic E-state index is 0.694. The van der Waals surface area contributed by atoms with Crippen molar-refractivity contribution in [2.45, 2.75) is 44.7 Å². The van der Waals surface area contributed by atoms with Gasteiger partial charge in [0.2, 0.25) is 0 Å². The van der Waals surface area contributed by atoms with Crippen LogP contribution in [0.15, 0.2) is 12.1 Å². The third-order valence-corrected chi connectivity index (χ3v) is 4.92. The lowest BCUT2D eigenvalue weighted by Gasteiger charge is -2.38. The Morgan fingerprint density at radius 3 is 2.71 bits per heavy atom. The van der Waals surface area contributed by atoms with E-state index in [4.69, 9.17) is 0 Å². The second-order valence-corrected chi connectivity index (χ2v) is 6.17. The Kier molecular flexibility index (Phi) is 3.21. The predicted octanol–water partition coefficient (Wildman–Crippen LogP) is 0.972. The van der Waals surface area contributed by atoms with Crippen LogP contribution in [-0.4, -0.2) is 61.9 Å². The lowest BCUT2D eigenvalue weighted by molar-refractivity contribution is 0.163. The summed E-state index contributed by atoms with van der Waals surface area (Å²) in [6.07, 6.45) is 5.16. The van der Waals surface area contributed by atoms with Gasteiger partial charge in [0.25, 0.3) is 0 Å². The van der Waals surface area contributed by atoms with E-state index in [9.17, 15) is 0 Å². The molecule has 0 spiro atoms. The Labute approximate surface area is 123 Å². The molecule has 0 saturated carbocycles. The van der Waals surface area contributed by atoms with Gasteiger partial charge in [-0.25, -0.2) is 0 Å². The second kappa shape index (κ2) is 5.22. The standard InChI is InChI=1S/C14H21N7/c1-11-3-2-8-20(11)12-6-9-19(10-7-12)14-5-4-13-15-17-18-21(13)16-14/h4-5,11-12H,2-3,6-10H2,1H3. The van der Waals surface area contributed by atoms with Crippen molar-refractivity contribution in [2.24, 2.45) is 0 Å². The maximum absolute atomic E-state index is 4.49. The van der Waals surface area contributed by atoms with Crippen molar-refractivity contribution in [3.8, 4) is 0 Å². The fraction of sp³-hybridized carbons (Fsp3) is 0.714. The molecule has 7 heteroatoms.